The monoisotopic (exact) mass is 880 g/mol. The number of amides is 5. The summed E-state index contributed by atoms with van der Waals surface area (Å²) in [6.07, 6.45) is -3.51. The summed E-state index contributed by atoms with van der Waals surface area (Å²) in [5.41, 5.74) is 13.6. The smallest absolute Gasteiger partial charge is 0.481 e. The van der Waals surface area contributed by atoms with Gasteiger partial charge in [-0.15, -0.1) is 0 Å². The van der Waals surface area contributed by atoms with Crippen molar-refractivity contribution in [3.8, 4) is 0 Å². The molecular formula is C43H51F3N8O9. The molecule has 0 spiro atoms. The van der Waals surface area contributed by atoms with Crippen LogP contribution in [0.2, 0.25) is 0 Å². The zero-order valence-electron chi connectivity index (χ0n) is 34.1. The van der Waals surface area contributed by atoms with Crippen molar-refractivity contribution >= 4 is 47.4 Å². The molecule has 6 atom stereocenters. The van der Waals surface area contributed by atoms with E-state index in [9.17, 15) is 47.0 Å². The van der Waals surface area contributed by atoms with Crippen molar-refractivity contribution in [1.29, 1.82) is 0 Å². The van der Waals surface area contributed by atoms with Gasteiger partial charge in [-0.1, -0.05) is 91.0 Å². The average molecular weight is 881 g/mol. The van der Waals surface area contributed by atoms with Crippen molar-refractivity contribution in [3.63, 3.8) is 0 Å². The van der Waals surface area contributed by atoms with Crippen LogP contribution in [-0.2, 0) is 52.9 Å². The van der Waals surface area contributed by atoms with Crippen molar-refractivity contribution in [2.24, 2.45) is 22.4 Å². The molecule has 5 rings (SSSR count). The van der Waals surface area contributed by atoms with Crippen molar-refractivity contribution in [3.05, 3.63) is 108 Å². The molecular weight excluding hydrogens is 830 g/mol. The van der Waals surface area contributed by atoms with Gasteiger partial charge in [0.25, 0.3) is 0 Å². The second-order valence-electron chi connectivity index (χ2n) is 15.0. The first-order chi connectivity index (χ1) is 29.9. The number of guanidine groups is 1. The molecule has 2 heterocycles. The summed E-state index contributed by atoms with van der Waals surface area (Å²) in [5, 5.41) is 27.6. The molecule has 3 aromatic carbocycles. The normalized spacial score (nSPS) is 18.8. The van der Waals surface area contributed by atoms with Crippen LogP contribution < -0.4 is 32.7 Å². The van der Waals surface area contributed by atoms with Crippen LogP contribution in [0.15, 0.2) is 96.0 Å². The predicted octanol–water partition coefficient (Wildman–Crippen LogP) is 1.78. The summed E-state index contributed by atoms with van der Waals surface area (Å²) >= 11 is 0. The summed E-state index contributed by atoms with van der Waals surface area (Å²) < 4.78 is 31.7. The minimum Gasteiger partial charge on any atom is -0.481 e. The first-order valence-electron chi connectivity index (χ1n) is 20.1. The average Bonchev–Trinajstić information content (AvgIpc) is 3.61. The maximum atomic E-state index is 14.3. The number of aliphatic carboxylic acids is 2. The lowest BCUT2D eigenvalue weighted by Gasteiger charge is -2.39. The van der Waals surface area contributed by atoms with Crippen LogP contribution in [0, 0.1) is 5.92 Å². The molecule has 5 amide bonds. The summed E-state index contributed by atoms with van der Waals surface area (Å²) in [5.74, 6) is -7.06. The van der Waals surface area contributed by atoms with Crippen LogP contribution in [0.3, 0.4) is 0 Å². The fourth-order valence-corrected chi connectivity index (χ4v) is 7.48. The highest BCUT2D eigenvalue weighted by atomic mass is 19.4. The fourth-order valence-electron chi connectivity index (χ4n) is 7.48. The molecule has 0 aliphatic carbocycles. The first kappa shape index (κ1) is 48.7. The van der Waals surface area contributed by atoms with Gasteiger partial charge in [0.2, 0.25) is 29.5 Å². The molecule has 20 heteroatoms. The van der Waals surface area contributed by atoms with E-state index < -0.39 is 66.4 Å². The Morgan fingerprint density at radius 1 is 0.794 bits per heavy atom. The topological polar surface area (TPSA) is 276 Å². The van der Waals surface area contributed by atoms with Crippen molar-refractivity contribution in [1.82, 2.24) is 26.2 Å². The van der Waals surface area contributed by atoms with E-state index >= 15 is 0 Å². The third kappa shape index (κ3) is 15.5. The summed E-state index contributed by atoms with van der Waals surface area (Å²) in [4.78, 5) is 94.8. The first-order valence-corrected chi connectivity index (χ1v) is 20.1. The molecule has 63 heavy (non-hydrogen) atoms. The number of nitrogens with two attached hydrogens (primary N) is 2. The Balaban J connectivity index is 0.00000115. The van der Waals surface area contributed by atoms with Gasteiger partial charge < -0.3 is 47.8 Å². The number of nitrogens with one attached hydrogen (secondary N) is 4. The van der Waals surface area contributed by atoms with Crippen molar-refractivity contribution in [2.75, 3.05) is 6.54 Å². The van der Waals surface area contributed by atoms with Gasteiger partial charge >= 0.3 is 18.1 Å². The lowest BCUT2D eigenvalue weighted by molar-refractivity contribution is -0.192. The maximum Gasteiger partial charge on any atom is 0.490 e. The third-order valence-corrected chi connectivity index (χ3v) is 10.4. The van der Waals surface area contributed by atoms with E-state index in [1.54, 1.807) is 29.2 Å². The summed E-state index contributed by atoms with van der Waals surface area (Å²) in [6, 6.07) is 23.2. The number of carbonyl (C=O) groups excluding carboxylic acids is 5. The van der Waals surface area contributed by atoms with Gasteiger partial charge in [-0.2, -0.15) is 13.2 Å². The minimum atomic E-state index is -5.08. The van der Waals surface area contributed by atoms with E-state index in [2.05, 4.69) is 26.3 Å². The van der Waals surface area contributed by atoms with E-state index in [1.165, 1.54) is 0 Å². The van der Waals surface area contributed by atoms with E-state index in [4.69, 9.17) is 21.4 Å². The van der Waals surface area contributed by atoms with Gasteiger partial charge in [0.15, 0.2) is 5.96 Å². The second kappa shape index (κ2) is 23.3. The van der Waals surface area contributed by atoms with Crippen LogP contribution in [-0.4, -0.2) is 105 Å². The number of carboxylic acid groups (broad SMARTS) is 2. The standard InChI is InChI=1S/C41H50N8O7.C2HF3O2/c42-41(43)44-20-10-17-30(38(54)48-32(24-36(51)52)37(53)45-25-28-15-8-3-9-16-28)47-39(55)34-23-29(21-26-11-4-1-5-12-26)33-19-18-31(40(56)49(33)34)46-35(50)22-27-13-6-2-7-14-27;3-2(4,5)1(6)7/h1-9,11-16,29-34H,10,17-25H2,(H,45,53)(H,46,50)(H,47,55)(H,48,54)(H,51,52)(H4,42,43,44);(H,6,7)/t29-,30-,31?,32-,33+,34-;/m0./s1. The Hall–Kier alpha value is -6.99. The number of alkyl halides is 3. The van der Waals surface area contributed by atoms with Gasteiger partial charge in [-0.3, -0.25) is 33.8 Å². The number of benzene rings is 3. The zero-order valence-corrected chi connectivity index (χ0v) is 34.1. The summed E-state index contributed by atoms with van der Waals surface area (Å²) in [7, 11) is 0. The molecule has 2 aliphatic heterocycles. The van der Waals surface area contributed by atoms with Gasteiger partial charge in [0.05, 0.1) is 12.8 Å². The molecule has 10 N–H and O–H groups in total. The highest BCUT2D eigenvalue weighted by Gasteiger charge is 2.51. The Morgan fingerprint density at radius 3 is 1.92 bits per heavy atom. The Kier molecular flexibility index (Phi) is 18.0. The Labute approximate surface area is 360 Å². The number of nitrogens with zero attached hydrogens (tertiary/aromatic N) is 2. The summed E-state index contributed by atoms with van der Waals surface area (Å²) in [6.45, 7) is 0.243. The largest absolute Gasteiger partial charge is 0.490 e. The number of rotatable bonds is 18. The van der Waals surface area contributed by atoms with Gasteiger partial charge in [-0.05, 0) is 61.1 Å². The number of piperidine rings is 1. The third-order valence-electron chi connectivity index (χ3n) is 10.4. The molecule has 0 saturated carbocycles. The van der Waals surface area contributed by atoms with E-state index in [1.807, 2.05) is 66.7 Å². The number of hydrogen-bond acceptors (Lipinski definition) is 8. The lowest BCUT2D eigenvalue weighted by atomic mass is 9.86. The quantitative estimate of drug-likeness (QED) is 0.0518. The van der Waals surface area contributed by atoms with Crippen LogP contribution in [0.4, 0.5) is 13.2 Å². The number of hydrogen-bond donors (Lipinski definition) is 8. The molecule has 0 radical (unpaired) electrons. The second-order valence-corrected chi connectivity index (χ2v) is 15.0. The highest BCUT2D eigenvalue weighted by Crippen LogP contribution is 2.39. The maximum absolute atomic E-state index is 14.3. The van der Waals surface area contributed by atoms with Gasteiger partial charge in [0, 0.05) is 19.1 Å². The number of aliphatic imine (C=N–C) groups is 1. The molecule has 3 aromatic rings. The molecule has 1 unspecified atom stereocenters. The SMILES string of the molecule is NC(N)=NCCC[C@H](NC(=O)[C@@H]1C[C@H](Cc2ccccc2)[C@H]2CCC(NC(=O)Cc3ccccc3)C(=O)N21)C(=O)N[C@@H](CC(=O)O)C(=O)NCc1ccccc1.O=C(O)C(F)(F)F. The van der Waals surface area contributed by atoms with Gasteiger partial charge in [-0.25, -0.2) is 4.79 Å². The minimum absolute atomic E-state index is 0.0372. The van der Waals surface area contributed by atoms with Crippen molar-refractivity contribution < 1.29 is 56.9 Å². The molecule has 17 nitrogen and oxygen atoms in total. The van der Waals surface area contributed by atoms with E-state index in [0.29, 0.717) is 25.7 Å². The Morgan fingerprint density at radius 2 is 1.37 bits per heavy atom. The fraction of sp³-hybridized carbons (Fsp3) is 0.395. The highest BCUT2D eigenvalue weighted by molar-refractivity contribution is 5.97. The Bertz CT molecular complexity index is 2070. The van der Waals surface area contributed by atoms with E-state index in [-0.39, 0.29) is 62.1 Å². The molecule has 2 aliphatic rings. The van der Waals surface area contributed by atoms with Crippen LogP contribution in [0.1, 0.15) is 55.2 Å². The molecule has 0 bridgehead atoms. The number of carboxylic acids is 2. The lowest BCUT2D eigenvalue weighted by Crippen LogP contribution is -2.61. The van der Waals surface area contributed by atoms with Crippen molar-refractivity contribution in [2.45, 2.75) is 94.3 Å². The zero-order chi connectivity index (χ0) is 46.1. The predicted molar refractivity (Wildman–Crippen MR) is 222 cm³/mol. The molecule has 2 saturated heterocycles. The number of halogens is 3. The van der Waals surface area contributed by atoms with Crippen LogP contribution >= 0.6 is 0 Å². The van der Waals surface area contributed by atoms with Crippen LogP contribution in [0.5, 0.6) is 0 Å². The molecule has 0 aromatic heterocycles. The number of fused-ring (bicyclic) bond motifs is 1. The van der Waals surface area contributed by atoms with Gasteiger partial charge in [0.1, 0.15) is 24.2 Å². The molecule has 338 valence electrons. The van der Waals surface area contributed by atoms with Crippen LogP contribution in [0.25, 0.3) is 0 Å². The number of carbonyl (C=O) groups is 7. The molecule has 2 fully saturated rings. The van der Waals surface area contributed by atoms with E-state index in [0.717, 1.165) is 16.7 Å².